The number of rotatable bonds is 7. The van der Waals surface area contributed by atoms with Crippen LogP contribution in [0.3, 0.4) is 0 Å². The van der Waals surface area contributed by atoms with Crippen LogP contribution in [0.25, 0.3) is 23.0 Å². The van der Waals surface area contributed by atoms with E-state index in [1.165, 1.54) is 11.0 Å². The van der Waals surface area contributed by atoms with Gasteiger partial charge in [0.1, 0.15) is 5.75 Å². The second-order valence-electron chi connectivity index (χ2n) is 6.67. The molecule has 30 heavy (non-hydrogen) atoms. The Morgan fingerprint density at radius 1 is 1.07 bits per heavy atom. The van der Waals surface area contributed by atoms with E-state index < -0.39 is 5.97 Å². The number of ether oxygens (including phenoxy) is 2. The molecule has 3 rings (SSSR count). The van der Waals surface area contributed by atoms with Gasteiger partial charge in [-0.15, -0.1) is 0 Å². The Bertz CT molecular complexity index is 1040. The van der Waals surface area contributed by atoms with Gasteiger partial charge in [-0.2, -0.15) is 5.10 Å². The fraction of sp³-hybridized carbons (Fsp3) is 0.174. The zero-order chi connectivity index (χ0) is 21.5. The van der Waals surface area contributed by atoms with Crippen LogP contribution in [0.4, 0.5) is 0 Å². The number of esters is 1. The lowest BCUT2D eigenvalue weighted by molar-refractivity contribution is -0.146. The predicted octanol–water partition coefficient (Wildman–Crippen LogP) is 3.19. The summed E-state index contributed by atoms with van der Waals surface area (Å²) in [6.45, 7) is -0.301. The van der Waals surface area contributed by atoms with Gasteiger partial charge in [0.2, 0.25) is 0 Å². The minimum absolute atomic E-state index is 0.285. The molecule has 2 aromatic carbocycles. The number of carbonyl (C=O) groups excluding carboxylic acids is 2. The Labute approximate surface area is 175 Å². The molecule has 1 amide bonds. The average Bonchev–Trinajstić information content (AvgIpc) is 3.21. The summed E-state index contributed by atoms with van der Waals surface area (Å²) >= 11 is 0. The molecule has 3 aromatic rings. The van der Waals surface area contributed by atoms with Gasteiger partial charge in [0.25, 0.3) is 5.91 Å². The summed E-state index contributed by atoms with van der Waals surface area (Å²) in [6, 6.07) is 17.2. The highest BCUT2D eigenvalue weighted by atomic mass is 16.5. The fourth-order valence-electron chi connectivity index (χ4n) is 2.66. The summed E-state index contributed by atoms with van der Waals surface area (Å²) in [5.41, 5.74) is 3.21. The third-order valence-corrected chi connectivity index (χ3v) is 4.36. The number of benzene rings is 2. The van der Waals surface area contributed by atoms with Gasteiger partial charge in [-0.25, -0.2) is 9.48 Å². The summed E-state index contributed by atoms with van der Waals surface area (Å²) in [5, 5.41) is 4.69. The van der Waals surface area contributed by atoms with Crippen LogP contribution in [0.5, 0.6) is 5.75 Å². The first-order chi connectivity index (χ1) is 14.5. The topological polar surface area (TPSA) is 73.7 Å². The summed E-state index contributed by atoms with van der Waals surface area (Å²) in [7, 11) is 4.82. The lowest BCUT2D eigenvalue weighted by Crippen LogP contribution is -2.27. The van der Waals surface area contributed by atoms with E-state index in [4.69, 9.17) is 14.6 Å². The van der Waals surface area contributed by atoms with E-state index in [2.05, 4.69) is 0 Å². The van der Waals surface area contributed by atoms with E-state index in [9.17, 15) is 9.59 Å². The summed E-state index contributed by atoms with van der Waals surface area (Å²) < 4.78 is 12.0. The van der Waals surface area contributed by atoms with Crippen LogP contribution in [0, 0.1) is 0 Å². The number of carbonyl (C=O) groups is 2. The molecule has 7 heteroatoms. The van der Waals surface area contributed by atoms with Crippen molar-refractivity contribution < 1.29 is 19.1 Å². The molecule has 0 aliphatic heterocycles. The van der Waals surface area contributed by atoms with E-state index in [-0.39, 0.29) is 12.5 Å². The van der Waals surface area contributed by atoms with Gasteiger partial charge in [0.05, 0.1) is 18.5 Å². The maximum absolute atomic E-state index is 12.0. The molecule has 0 unspecified atom stereocenters. The molecular weight excluding hydrogens is 382 g/mol. The van der Waals surface area contributed by atoms with E-state index in [0.717, 1.165) is 22.6 Å². The lowest BCUT2D eigenvalue weighted by atomic mass is 10.1. The van der Waals surface area contributed by atoms with Crippen molar-refractivity contribution >= 4 is 18.0 Å². The molecular formula is C23H23N3O4. The Hall–Kier alpha value is -3.87. The van der Waals surface area contributed by atoms with Crippen LogP contribution in [0.15, 0.2) is 66.9 Å². The number of nitrogens with zero attached hydrogens (tertiary/aromatic N) is 3. The van der Waals surface area contributed by atoms with E-state index >= 15 is 0 Å². The molecule has 0 fully saturated rings. The number of methoxy groups -OCH3 is 1. The van der Waals surface area contributed by atoms with Gasteiger partial charge >= 0.3 is 5.97 Å². The van der Waals surface area contributed by atoms with Crippen molar-refractivity contribution in [1.29, 1.82) is 0 Å². The van der Waals surface area contributed by atoms with Crippen molar-refractivity contribution in [3.8, 4) is 22.7 Å². The first kappa shape index (κ1) is 20.9. The number of para-hydroxylation sites is 1. The monoisotopic (exact) mass is 405 g/mol. The van der Waals surface area contributed by atoms with Crippen molar-refractivity contribution in [2.75, 3.05) is 27.8 Å². The molecule has 1 heterocycles. The molecule has 0 saturated heterocycles. The van der Waals surface area contributed by atoms with Gasteiger partial charge in [-0.05, 0) is 42.5 Å². The minimum atomic E-state index is -0.599. The first-order valence-corrected chi connectivity index (χ1v) is 9.32. The highest BCUT2D eigenvalue weighted by Gasteiger charge is 2.12. The number of hydrogen-bond donors (Lipinski definition) is 0. The SMILES string of the molecule is COc1ccc(-c2nn(-c3ccccc3)cc2C=CC(=O)OCC(=O)N(C)C)cc1. The fourth-order valence-corrected chi connectivity index (χ4v) is 2.66. The number of aromatic nitrogens is 2. The van der Waals surface area contributed by atoms with Crippen molar-refractivity contribution in [3.05, 3.63) is 72.4 Å². The number of hydrogen-bond acceptors (Lipinski definition) is 5. The standard InChI is InChI=1S/C23H23N3O4/c1-25(2)21(27)16-30-22(28)14-11-18-15-26(19-7-5-4-6-8-19)24-23(18)17-9-12-20(29-3)13-10-17/h4-15H,16H2,1-3H3. The zero-order valence-electron chi connectivity index (χ0n) is 17.1. The normalized spacial score (nSPS) is 10.8. The maximum atomic E-state index is 12.0. The lowest BCUT2D eigenvalue weighted by Gasteiger charge is -2.09. The summed E-state index contributed by atoms with van der Waals surface area (Å²) in [4.78, 5) is 25.0. The first-order valence-electron chi connectivity index (χ1n) is 9.32. The second kappa shape index (κ2) is 9.56. The Balaban J connectivity index is 1.88. The van der Waals surface area contributed by atoms with Crippen LogP contribution in [-0.2, 0) is 14.3 Å². The smallest absolute Gasteiger partial charge is 0.331 e. The molecule has 0 aliphatic rings. The van der Waals surface area contributed by atoms with Gasteiger partial charge in [0.15, 0.2) is 6.61 Å². The molecule has 0 spiro atoms. The summed E-state index contributed by atoms with van der Waals surface area (Å²) in [6.07, 6.45) is 4.76. The van der Waals surface area contributed by atoms with E-state index in [1.54, 1.807) is 32.0 Å². The van der Waals surface area contributed by atoms with Gasteiger partial charge in [-0.1, -0.05) is 18.2 Å². The average molecular weight is 405 g/mol. The summed E-state index contributed by atoms with van der Waals surface area (Å²) in [5.74, 6) is -0.140. The molecule has 0 N–H and O–H groups in total. The predicted molar refractivity (Wildman–Crippen MR) is 114 cm³/mol. The molecule has 0 bridgehead atoms. The molecule has 0 radical (unpaired) electrons. The molecule has 0 saturated carbocycles. The van der Waals surface area contributed by atoms with Crippen LogP contribution >= 0.6 is 0 Å². The molecule has 7 nitrogen and oxygen atoms in total. The van der Waals surface area contributed by atoms with Gasteiger partial charge in [0, 0.05) is 37.5 Å². The van der Waals surface area contributed by atoms with E-state index in [1.807, 2.05) is 60.8 Å². The Morgan fingerprint density at radius 2 is 1.77 bits per heavy atom. The van der Waals surface area contributed by atoms with Gasteiger partial charge in [-0.3, -0.25) is 4.79 Å². The molecule has 0 atom stereocenters. The molecule has 154 valence electrons. The quantitative estimate of drug-likeness (QED) is 0.446. The molecule has 1 aromatic heterocycles. The van der Waals surface area contributed by atoms with Crippen LogP contribution < -0.4 is 4.74 Å². The van der Waals surface area contributed by atoms with Crippen molar-refractivity contribution in [3.63, 3.8) is 0 Å². The highest BCUT2D eigenvalue weighted by molar-refractivity contribution is 5.90. The maximum Gasteiger partial charge on any atom is 0.331 e. The third-order valence-electron chi connectivity index (χ3n) is 4.36. The Morgan fingerprint density at radius 3 is 2.40 bits per heavy atom. The number of amides is 1. The van der Waals surface area contributed by atoms with Crippen LogP contribution in [-0.4, -0.2) is 54.4 Å². The molecule has 0 aliphatic carbocycles. The number of likely N-dealkylation sites (N-methyl/N-ethyl adjacent to an activating group) is 1. The third kappa shape index (κ3) is 5.14. The second-order valence-corrected chi connectivity index (χ2v) is 6.67. The minimum Gasteiger partial charge on any atom is -0.497 e. The Kier molecular flexibility index (Phi) is 6.64. The largest absolute Gasteiger partial charge is 0.497 e. The van der Waals surface area contributed by atoms with Crippen molar-refractivity contribution in [1.82, 2.24) is 14.7 Å². The van der Waals surface area contributed by atoms with Crippen LogP contribution in [0.2, 0.25) is 0 Å². The van der Waals surface area contributed by atoms with Crippen LogP contribution in [0.1, 0.15) is 5.56 Å². The van der Waals surface area contributed by atoms with Crippen molar-refractivity contribution in [2.24, 2.45) is 0 Å². The zero-order valence-corrected chi connectivity index (χ0v) is 17.1. The van der Waals surface area contributed by atoms with Gasteiger partial charge < -0.3 is 14.4 Å². The van der Waals surface area contributed by atoms with E-state index in [0.29, 0.717) is 5.69 Å². The van der Waals surface area contributed by atoms with Crippen molar-refractivity contribution in [2.45, 2.75) is 0 Å². The highest BCUT2D eigenvalue weighted by Crippen LogP contribution is 2.26.